The maximum atomic E-state index is 13.5. The molecule has 3 saturated heterocycles. The monoisotopic (exact) mass is 403 g/mol. The Kier molecular flexibility index (Phi) is 5.96. The standard InChI is InChI=1S/C23H34FN3O2/c1-3-27-13-10-23(21(27)28)18-26(14-15-29-2)17-22(23)8-11-25(12-9-22)16-19-4-6-20(24)7-5-19/h4-7H,3,8-18H2,1-2H3/t23-/m1/s1. The number of hydrogen-bond acceptors (Lipinski definition) is 4. The largest absolute Gasteiger partial charge is 0.383 e. The van der Waals surface area contributed by atoms with Gasteiger partial charge in [0.05, 0.1) is 12.0 Å². The molecule has 3 heterocycles. The van der Waals surface area contributed by atoms with Crippen molar-refractivity contribution in [2.75, 3.05) is 59.5 Å². The van der Waals surface area contributed by atoms with Gasteiger partial charge in [0.1, 0.15) is 5.82 Å². The van der Waals surface area contributed by atoms with Crippen molar-refractivity contribution in [1.29, 1.82) is 0 Å². The number of carbonyl (C=O) groups is 1. The van der Waals surface area contributed by atoms with Crippen LogP contribution in [-0.4, -0.2) is 80.1 Å². The van der Waals surface area contributed by atoms with Gasteiger partial charge in [0.15, 0.2) is 0 Å². The van der Waals surface area contributed by atoms with Crippen LogP contribution in [0.15, 0.2) is 24.3 Å². The number of carbonyl (C=O) groups excluding carboxylic acids is 1. The molecule has 1 aromatic carbocycles. The lowest BCUT2D eigenvalue weighted by atomic mass is 9.60. The third-order valence-corrected chi connectivity index (χ3v) is 7.67. The summed E-state index contributed by atoms with van der Waals surface area (Å²) in [5.41, 5.74) is 0.999. The molecule has 0 bridgehead atoms. The number of piperidine rings is 1. The van der Waals surface area contributed by atoms with Crippen molar-refractivity contribution in [3.05, 3.63) is 35.6 Å². The van der Waals surface area contributed by atoms with Gasteiger partial charge in [-0.05, 0) is 57.0 Å². The Hall–Kier alpha value is -1.50. The Morgan fingerprint density at radius 3 is 2.38 bits per heavy atom. The summed E-state index contributed by atoms with van der Waals surface area (Å²) in [7, 11) is 1.75. The summed E-state index contributed by atoms with van der Waals surface area (Å²) in [6, 6.07) is 6.83. The van der Waals surface area contributed by atoms with Gasteiger partial charge in [-0.15, -0.1) is 0 Å². The number of likely N-dealkylation sites (tertiary alicyclic amines) is 3. The van der Waals surface area contributed by atoms with Crippen LogP contribution in [0.3, 0.4) is 0 Å². The molecule has 160 valence electrons. The normalized spacial score (nSPS) is 27.6. The molecule has 0 aliphatic carbocycles. The zero-order chi connectivity index (χ0) is 20.5. The molecule has 0 aromatic heterocycles. The molecule has 3 aliphatic rings. The smallest absolute Gasteiger partial charge is 0.230 e. The highest BCUT2D eigenvalue weighted by molar-refractivity contribution is 5.86. The number of halogens is 1. The molecule has 2 spiro atoms. The highest BCUT2D eigenvalue weighted by atomic mass is 19.1. The molecule has 3 aliphatic heterocycles. The van der Waals surface area contributed by atoms with E-state index in [1.165, 1.54) is 12.1 Å². The van der Waals surface area contributed by atoms with Crippen molar-refractivity contribution in [2.45, 2.75) is 32.7 Å². The first-order valence-corrected chi connectivity index (χ1v) is 11.0. The van der Waals surface area contributed by atoms with Crippen LogP contribution in [0.25, 0.3) is 0 Å². The molecule has 0 radical (unpaired) electrons. The average molecular weight is 404 g/mol. The third-order valence-electron chi connectivity index (χ3n) is 7.67. The minimum Gasteiger partial charge on any atom is -0.383 e. The zero-order valence-corrected chi connectivity index (χ0v) is 17.8. The van der Waals surface area contributed by atoms with Crippen LogP contribution in [0, 0.1) is 16.6 Å². The van der Waals surface area contributed by atoms with Gasteiger partial charge in [-0.25, -0.2) is 4.39 Å². The molecular weight excluding hydrogens is 369 g/mol. The summed E-state index contributed by atoms with van der Waals surface area (Å²) in [6.07, 6.45) is 3.10. The lowest BCUT2D eigenvalue weighted by Gasteiger charge is -2.47. The number of ether oxygens (including phenoxy) is 1. The number of benzene rings is 1. The summed E-state index contributed by atoms with van der Waals surface area (Å²) in [5, 5.41) is 0. The predicted octanol–water partition coefficient (Wildman–Crippen LogP) is 2.61. The van der Waals surface area contributed by atoms with Crippen molar-refractivity contribution in [3.8, 4) is 0 Å². The fraction of sp³-hybridized carbons (Fsp3) is 0.696. The van der Waals surface area contributed by atoms with Crippen LogP contribution in [-0.2, 0) is 16.1 Å². The van der Waals surface area contributed by atoms with Gasteiger partial charge < -0.3 is 9.64 Å². The van der Waals surface area contributed by atoms with Gasteiger partial charge in [0.2, 0.25) is 5.91 Å². The molecule has 0 N–H and O–H groups in total. The molecular formula is C23H34FN3O2. The lowest BCUT2D eigenvalue weighted by molar-refractivity contribution is -0.142. The van der Waals surface area contributed by atoms with Crippen LogP contribution in [0.5, 0.6) is 0 Å². The van der Waals surface area contributed by atoms with Crippen molar-refractivity contribution in [3.63, 3.8) is 0 Å². The molecule has 5 nitrogen and oxygen atoms in total. The Bertz CT molecular complexity index is 717. The fourth-order valence-corrected chi connectivity index (χ4v) is 5.96. The molecule has 1 amide bonds. The predicted molar refractivity (Wildman–Crippen MR) is 111 cm³/mol. The maximum absolute atomic E-state index is 13.5. The van der Waals surface area contributed by atoms with E-state index >= 15 is 0 Å². The number of rotatable bonds is 6. The van der Waals surface area contributed by atoms with E-state index in [1.54, 1.807) is 7.11 Å². The van der Waals surface area contributed by atoms with Gasteiger partial charge in [0.25, 0.3) is 0 Å². The summed E-state index contributed by atoms with van der Waals surface area (Å²) in [5.74, 6) is 0.197. The van der Waals surface area contributed by atoms with Crippen LogP contribution in [0.1, 0.15) is 31.7 Å². The van der Waals surface area contributed by atoms with Gasteiger partial charge in [-0.2, -0.15) is 0 Å². The summed E-state index contributed by atoms with van der Waals surface area (Å²) in [4.78, 5) is 20.5. The fourth-order valence-electron chi connectivity index (χ4n) is 5.96. The summed E-state index contributed by atoms with van der Waals surface area (Å²) < 4.78 is 18.5. The van der Waals surface area contributed by atoms with Gasteiger partial charge >= 0.3 is 0 Å². The van der Waals surface area contributed by atoms with E-state index in [9.17, 15) is 9.18 Å². The van der Waals surface area contributed by atoms with E-state index in [4.69, 9.17) is 4.74 Å². The first-order valence-electron chi connectivity index (χ1n) is 11.0. The second kappa shape index (κ2) is 8.32. The number of methoxy groups -OCH3 is 1. The quantitative estimate of drug-likeness (QED) is 0.732. The van der Waals surface area contributed by atoms with E-state index in [0.29, 0.717) is 12.5 Å². The van der Waals surface area contributed by atoms with Crippen molar-refractivity contribution < 1.29 is 13.9 Å². The molecule has 29 heavy (non-hydrogen) atoms. The van der Waals surface area contributed by atoms with Crippen molar-refractivity contribution >= 4 is 5.91 Å². The van der Waals surface area contributed by atoms with Gasteiger partial charge in [-0.3, -0.25) is 14.6 Å². The lowest BCUT2D eigenvalue weighted by Crippen LogP contribution is -2.52. The molecule has 4 rings (SSSR count). The third kappa shape index (κ3) is 3.71. The van der Waals surface area contributed by atoms with E-state index in [1.807, 2.05) is 12.1 Å². The second-order valence-electron chi connectivity index (χ2n) is 9.10. The Balaban J connectivity index is 1.49. The second-order valence-corrected chi connectivity index (χ2v) is 9.10. The van der Waals surface area contributed by atoms with Crippen LogP contribution in [0.4, 0.5) is 4.39 Å². The average Bonchev–Trinajstić information content (AvgIpc) is 3.22. The number of hydrogen-bond donors (Lipinski definition) is 0. The Morgan fingerprint density at radius 1 is 1.03 bits per heavy atom. The minimum absolute atomic E-state index is 0.0705. The molecule has 1 atom stereocenters. The van der Waals surface area contributed by atoms with Crippen LogP contribution < -0.4 is 0 Å². The van der Waals surface area contributed by atoms with E-state index in [0.717, 1.165) is 77.2 Å². The van der Waals surface area contributed by atoms with E-state index in [-0.39, 0.29) is 16.6 Å². The summed E-state index contributed by atoms with van der Waals surface area (Å²) in [6.45, 7) is 10.1. The van der Waals surface area contributed by atoms with Crippen LogP contribution >= 0.6 is 0 Å². The first kappa shape index (κ1) is 20.8. The van der Waals surface area contributed by atoms with E-state index < -0.39 is 0 Å². The van der Waals surface area contributed by atoms with E-state index in [2.05, 4.69) is 21.6 Å². The highest BCUT2D eigenvalue weighted by Crippen LogP contribution is 2.57. The van der Waals surface area contributed by atoms with Crippen molar-refractivity contribution in [2.24, 2.45) is 10.8 Å². The number of fused-ring (bicyclic) bond motifs is 1. The first-order chi connectivity index (χ1) is 14.0. The number of amides is 1. The molecule has 3 fully saturated rings. The van der Waals surface area contributed by atoms with Crippen molar-refractivity contribution in [1.82, 2.24) is 14.7 Å². The summed E-state index contributed by atoms with van der Waals surface area (Å²) >= 11 is 0. The van der Waals surface area contributed by atoms with Gasteiger partial charge in [0, 0.05) is 51.8 Å². The zero-order valence-electron chi connectivity index (χ0n) is 17.8. The maximum Gasteiger partial charge on any atom is 0.230 e. The number of nitrogens with zero attached hydrogens (tertiary/aromatic N) is 3. The van der Waals surface area contributed by atoms with Crippen LogP contribution in [0.2, 0.25) is 0 Å². The Labute approximate surface area is 173 Å². The topological polar surface area (TPSA) is 36.0 Å². The van der Waals surface area contributed by atoms with Gasteiger partial charge in [-0.1, -0.05) is 12.1 Å². The molecule has 6 heteroatoms. The molecule has 1 aromatic rings. The minimum atomic E-state index is -0.223. The highest BCUT2D eigenvalue weighted by Gasteiger charge is 2.64. The molecule has 0 unspecified atom stereocenters. The Morgan fingerprint density at radius 2 is 1.76 bits per heavy atom. The SMILES string of the molecule is CCN1CC[C@@]2(CN(CCOC)CC23CCN(Cc2ccc(F)cc2)CC3)C1=O. The molecule has 0 saturated carbocycles.